The molecule has 5 heteroatoms. The lowest BCUT2D eigenvalue weighted by atomic mass is 10.0. The molecule has 0 unspecified atom stereocenters. The molecule has 0 saturated carbocycles. The SMILES string of the molecule is [2H]c1c([2H])c([2H])c(-c2nc(-c3ccc4c5ccccc5n(-c5cccc6oc7cc(-c8ccccc8)ccc7c56)c4c3)nc(-c3c([2H])c([2H])c([2H])c([2H])c3[2H])n2)c([2H])c1[2H]. The molecule has 0 aliphatic carbocycles. The minimum absolute atomic E-state index is 0.0206. The molecule has 0 aliphatic rings. The van der Waals surface area contributed by atoms with E-state index in [2.05, 4.69) is 43.8 Å². The summed E-state index contributed by atoms with van der Waals surface area (Å²) >= 11 is 0. The average molecular weight is 651 g/mol. The van der Waals surface area contributed by atoms with Crippen molar-refractivity contribution >= 4 is 43.7 Å². The quantitative estimate of drug-likeness (QED) is 0.186. The van der Waals surface area contributed by atoms with Crippen molar-refractivity contribution in [2.45, 2.75) is 0 Å². The molecular formula is C45H28N4O. The van der Waals surface area contributed by atoms with E-state index in [9.17, 15) is 0 Å². The molecule has 0 amide bonds. The molecule has 0 bridgehead atoms. The van der Waals surface area contributed by atoms with Crippen molar-refractivity contribution in [3.05, 3.63) is 170 Å². The first-order valence-corrected chi connectivity index (χ1v) is 15.9. The van der Waals surface area contributed by atoms with Gasteiger partial charge in [-0.2, -0.15) is 0 Å². The summed E-state index contributed by atoms with van der Waals surface area (Å²) in [6, 6.07) is 29.8. The Kier molecular flexibility index (Phi) is 4.52. The van der Waals surface area contributed by atoms with Gasteiger partial charge in [-0.3, -0.25) is 0 Å². The monoisotopic (exact) mass is 650 g/mol. The smallest absolute Gasteiger partial charge is 0.164 e. The fourth-order valence-electron chi connectivity index (χ4n) is 6.63. The molecular weight excluding hydrogens is 613 g/mol. The van der Waals surface area contributed by atoms with Gasteiger partial charge in [0.2, 0.25) is 0 Å². The number of aromatic nitrogens is 4. The second-order valence-corrected chi connectivity index (χ2v) is 11.7. The van der Waals surface area contributed by atoms with Crippen LogP contribution in [0, 0.1) is 0 Å². The van der Waals surface area contributed by atoms with E-state index >= 15 is 0 Å². The molecule has 0 N–H and O–H groups in total. The van der Waals surface area contributed by atoms with Crippen LogP contribution in [-0.2, 0) is 0 Å². The minimum Gasteiger partial charge on any atom is -0.456 e. The molecule has 0 radical (unpaired) electrons. The number of para-hydroxylation sites is 1. The van der Waals surface area contributed by atoms with E-state index in [4.69, 9.17) is 18.1 Å². The van der Waals surface area contributed by atoms with Crippen molar-refractivity contribution in [3.8, 4) is 51.0 Å². The van der Waals surface area contributed by atoms with Crippen LogP contribution >= 0.6 is 0 Å². The Hall–Kier alpha value is -6.85. The van der Waals surface area contributed by atoms with Gasteiger partial charge < -0.3 is 8.98 Å². The fourth-order valence-corrected chi connectivity index (χ4v) is 6.63. The summed E-state index contributed by atoms with van der Waals surface area (Å²) in [5.74, 6) is -0.680. The molecule has 10 rings (SSSR count). The van der Waals surface area contributed by atoms with Crippen LogP contribution in [0.5, 0.6) is 0 Å². The first-order valence-electron chi connectivity index (χ1n) is 20.9. The number of fused-ring (bicyclic) bond motifs is 6. The second-order valence-electron chi connectivity index (χ2n) is 11.7. The van der Waals surface area contributed by atoms with Crippen LogP contribution in [0.1, 0.15) is 13.7 Å². The van der Waals surface area contributed by atoms with Crippen LogP contribution in [0.3, 0.4) is 0 Å². The highest BCUT2D eigenvalue weighted by Crippen LogP contribution is 2.40. The number of hydrogen-bond donors (Lipinski definition) is 0. The third-order valence-electron chi connectivity index (χ3n) is 8.84. The topological polar surface area (TPSA) is 56.7 Å². The van der Waals surface area contributed by atoms with E-state index < -0.39 is 60.4 Å². The highest BCUT2D eigenvalue weighted by Gasteiger charge is 2.20. The molecule has 0 aliphatic heterocycles. The predicted molar refractivity (Wildman–Crippen MR) is 203 cm³/mol. The van der Waals surface area contributed by atoms with Crippen molar-refractivity contribution in [2.75, 3.05) is 0 Å². The van der Waals surface area contributed by atoms with Gasteiger partial charge in [-0.1, -0.05) is 133 Å². The van der Waals surface area contributed by atoms with Crippen LogP contribution in [0.25, 0.3) is 94.7 Å². The Morgan fingerprint density at radius 2 is 1.06 bits per heavy atom. The molecule has 0 saturated heterocycles. The zero-order valence-corrected chi connectivity index (χ0v) is 26.1. The normalized spacial score (nSPS) is 14.4. The fraction of sp³-hybridized carbons (Fsp3) is 0. The van der Waals surface area contributed by atoms with Gasteiger partial charge in [0.25, 0.3) is 0 Å². The third kappa shape index (κ3) is 4.60. The summed E-state index contributed by atoms with van der Waals surface area (Å²) in [7, 11) is 0. The van der Waals surface area contributed by atoms with Crippen molar-refractivity contribution < 1.29 is 18.1 Å². The molecule has 10 aromatic rings. The number of hydrogen-bond acceptors (Lipinski definition) is 4. The van der Waals surface area contributed by atoms with E-state index in [0.717, 1.165) is 55.0 Å². The zero-order chi connectivity index (χ0) is 41.7. The van der Waals surface area contributed by atoms with Crippen LogP contribution in [0.2, 0.25) is 0 Å². The number of benzene rings is 7. The van der Waals surface area contributed by atoms with E-state index in [-0.39, 0.29) is 28.6 Å². The Labute approximate surface area is 301 Å². The first-order chi connectivity index (χ1) is 28.9. The lowest BCUT2D eigenvalue weighted by Gasteiger charge is -2.11. The second kappa shape index (κ2) is 11.4. The summed E-state index contributed by atoms with van der Waals surface area (Å²) in [5, 5.41) is 3.68. The largest absolute Gasteiger partial charge is 0.456 e. The standard InChI is InChI=1S/C45H28N4O/c1-4-13-29(14-5-1)32-23-26-36-41(28-32)50-40-22-12-21-38(42(36)40)49-37-20-11-10-19-34(37)35-25-24-33(27-39(35)49)45-47-43(30-15-6-2-7-16-30)46-44(48-45)31-17-8-3-9-18-31/h1-28H/i2D,3D,6D,7D,8D,9D,15D,16D,17D,18D. The lowest BCUT2D eigenvalue weighted by Crippen LogP contribution is -2.00. The van der Waals surface area contributed by atoms with Crippen LogP contribution in [0.4, 0.5) is 0 Å². The van der Waals surface area contributed by atoms with Gasteiger partial charge in [0.15, 0.2) is 17.5 Å². The van der Waals surface area contributed by atoms with Crippen molar-refractivity contribution in [1.29, 1.82) is 0 Å². The van der Waals surface area contributed by atoms with E-state index in [0.29, 0.717) is 11.1 Å². The molecule has 0 fully saturated rings. The van der Waals surface area contributed by atoms with Crippen LogP contribution in [-0.4, -0.2) is 19.5 Å². The van der Waals surface area contributed by atoms with Crippen molar-refractivity contribution in [2.24, 2.45) is 0 Å². The van der Waals surface area contributed by atoms with E-state index in [1.54, 1.807) is 6.07 Å². The van der Waals surface area contributed by atoms with Gasteiger partial charge in [-0.25, -0.2) is 15.0 Å². The van der Waals surface area contributed by atoms with E-state index in [1.165, 1.54) is 0 Å². The number of rotatable bonds is 5. The van der Waals surface area contributed by atoms with Gasteiger partial charge in [-0.05, 0) is 47.5 Å². The third-order valence-corrected chi connectivity index (χ3v) is 8.84. The van der Waals surface area contributed by atoms with Gasteiger partial charge in [0, 0.05) is 32.8 Å². The minimum atomic E-state index is -0.611. The highest BCUT2D eigenvalue weighted by atomic mass is 16.3. The maximum atomic E-state index is 8.72. The predicted octanol–water partition coefficient (Wildman–Crippen LogP) is 11.5. The van der Waals surface area contributed by atoms with Gasteiger partial charge in [0.05, 0.1) is 35.8 Å². The van der Waals surface area contributed by atoms with Crippen molar-refractivity contribution in [3.63, 3.8) is 0 Å². The molecule has 3 heterocycles. The molecule has 50 heavy (non-hydrogen) atoms. The average Bonchev–Trinajstić information content (AvgIpc) is 3.82. The number of nitrogens with zero attached hydrogens (tertiary/aromatic N) is 4. The maximum absolute atomic E-state index is 8.72. The lowest BCUT2D eigenvalue weighted by molar-refractivity contribution is 0.669. The maximum Gasteiger partial charge on any atom is 0.164 e. The van der Waals surface area contributed by atoms with Gasteiger partial charge in [-0.15, -0.1) is 0 Å². The Bertz CT molecular complexity index is 3310. The van der Waals surface area contributed by atoms with Crippen LogP contribution in [0.15, 0.2) is 174 Å². The van der Waals surface area contributed by atoms with Crippen LogP contribution < -0.4 is 0 Å². The highest BCUT2D eigenvalue weighted by molar-refractivity contribution is 6.15. The molecule has 3 aromatic heterocycles. The Morgan fingerprint density at radius 3 is 1.80 bits per heavy atom. The molecule has 5 nitrogen and oxygen atoms in total. The van der Waals surface area contributed by atoms with Crippen molar-refractivity contribution in [1.82, 2.24) is 19.5 Å². The summed E-state index contributed by atoms with van der Waals surface area (Å²) in [6.45, 7) is 0. The summed E-state index contributed by atoms with van der Waals surface area (Å²) in [5.41, 5.74) is 5.78. The Morgan fingerprint density at radius 1 is 0.440 bits per heavy atom. The summed E-state index contributed by atoms with van der Waals surface area (Å²) < 4.78 is 93.2. The van der Waals surface area contributed by atoms with Gasteiger partial charge >= 0.3 is 0 Å². The molecule has 0 atom stereocenters. The van der Waals surface area contributed by atoms with Gasteiger partial charge in [0.1, 0.15) is 11.2 Å². The first kappa shape index (κ1) is 19.8. The summed E-state index contributed by atoms with van der Waals surface area (Å²) in [4.78, 5) is 13.8. The molecule has 234 valence electrons. The molecule has 7 aromatic carbocycles. The molecule has 0 spiro atoms. The zero-order valence-electron chi connectivity index (χ0n) is 36.1. The van der Waals surface area contributed by atoms with E-state index in [1.807, 2.05) is 78.9 Å². The Balaban J connectivity index is 1.25. The number of furan rings is 1. The summed E-state index contributed by atoms with van der Waals surface area (Å²) in [6.07, 6.45) is 0.